The zero-order valence-corrected chi connectivity index (χ0v) is 13.3. The van der Waals surface area contributed by atoms with Crippen molar-refractivity contribution < 1.29 is 37.0 Å². The van der Waals surface area contributed by atoms with Crippen LogP contribution >= 0.6 is 0 Å². The van der Waals surface area contributed by atoms with Gasteiger partial charge in [-0.1, -0.05) is 25.1 Å². The highest BCUT2D eigenvalue weighted by atomic mass is 19.4. The van der Waals surface area contributed by atoms with Crippen molar-refractivity contribution in [3.8, 4) is 5.75 Å². The van der Waals surface area contributed by atoms with Crippen LogP contribution in [0.3, 0.4) is 0 Å². The van der Waals surface area contributed by atoms with Gasteiger partial charge >= 0.3 is 18.2 Å². The maximum Gasteiger partial charge on any atom is 0.405 e. The Bertz CT molecular complexity index is 593. The second-order valence-electron chi connectivity index (χ2n) is 4.78. The molecule has 3 amide bonds. The number of ether oxygens (including phenoxy) is 2. The van der Waals surface area contributed by atoms with E-state index in [1.165, 1.54) is 5.32 Å². The molecule has 0 aromatic heterocycles. The van der Waals surface area contributed by atoms with Crippen LogP contribution < -0.4 is 15.4 Å². The number of nitrogens with one attached hydrogen (secondary N) is 2. The van der Waals surface area contributed by atoms with Gasteiger partial charge in [-0.05, 0) is 18.6 Å². The van der Waals surface area contributed by atoms with E-state index in [4.69, 9.17) is 9.47 Å². The molecule has 0 fully saturated rings. The molecule has 1 rings (SSSR count). The summed E-state index contributed by atoms with van der Waals surface area (Å²) in [6.07, 6.45) is -5.30. The Morgan fingerprint density at radius 3 is 2.36 bits per heavy atom. The molecule has 0 saturated carbocycles. The zero-order valence-electron chi connectivity index (χ0n) is 13.3. The Morgan fingerprint density at radius 1 is 1.16 bits per heavy atom. The number of para-hydroxylation sites is 1. The van der Waals surface area contributed by atoms with Gasteiger partial charge in [0.25, 0.3) is 5.91 Å². The first-order valence-electron chi connectivity index (χ1n) is 7.24. The molecule has 1 atom stereocenters. The van der Waals surface area contributed by atoms with Gasteiger partial charge in [-0.15, -0.1) is 0 Å². The van der Waals surface area contributed by atoms with Gasteiger partial charge in [0, 0.05) is 0 Å². The third-order valence-electron chi connectivity index (χ3n) is 2.70. The average Bonchev–Trinajstić information content (AvgIpc) is 2.56. The van der Waals surface area contributed by atoms with Crippen LogP contribution in [0.2, 0.25) is 0 Å². The standard InChI is InChI=1S/C15H17F3N2O5/c1-2-11(25-10-6-4-3-5-7-10)13(22)24-8-12(21)20-14(23)19-9-15(16,17)18/h3-7,11H,2,8-9H2,1H3,(H2,19,20,21,23)/t11-/m0/s1. The predicted molar refractivity (Wildman–Crippen MR) is 79.7 cm³/mol. The van der Waals surface area contributed by atoms with Crippen LogP contribution in [0.4, 0.5) is 18.0 Å². The first-order valence-corrected chi connectivity index (χ1v) is 7.24. The number of urea groups is 1. The number of alkyl halides is 3. The Labute approximate surface area is 141 Å². The van der Waals surface area contributed by atoms with E-state index in [0.717, 1.165) is 0 Å². The Hall–Kier alpha value is -2.78. The summed E-state index contributed by atoms with van der Waals surface area (Å²) in [6, 6.07) is 7.11. The van der Waals surface area contributed by atoms with E-state index in [1.54, 1.807) is 42.6 Å². The summed E-state index contributed by atoms with van der Waals surface area (Å²) < 4.78 is 45.8. The largest absolute Gasteiger partial charge is 0.479 e. The van der Waals surface area contributed by atoms with Crippen molar-refractivity contribution >= 4 is 17.9 Å². The van der Waals surface area contributed by atoms with Crippen molar-refractivity contribution in [2.45, 2.75) is 25.6 Å². The second-order valence-corrected chi connectivity index (χ2v) is 4.78. The molecule has 1 aromatic carbocycles. The molecule has 7 nitrogen and oxygen atoms in total. The van der Waals surface area contributed by atoms with Crippen LogP contribution in [0, 0.1) is 0 Å². The minimum atomic E-state index is -4.60. The number of esters is 1. The minimum Gasteiger partial charge on any atom is -0.479 e. The SMILES string of the molecule is CC[C@H](Oc1ccccc1)C(=O)OCC(=O)NC(=O)NCC(F)(F)F. The summed E-state index contributed by atoms with van der Waals surface area (Å²) >= 11 is 0. The fourth-order valence-corrected chi connectivity index (χ4v) is 1.58. The molecule has 10 heteroatoms. The van der Waals surface area contributed by atoms with Crippen molar-refractivity contribution in [1.29, 1.82) is 0 Å². The van der Waals surface area contributed by atoms with E-state index >= 15 is 0 Å². The Kier molecular flexibility index (Phi) is 7.70. The zero-order chi connectivity index (χ0) is 18.9. The summed E-state index contributed by atoms with van der Waals surface area (Å²) in [6.45, 7) is -0.749. The molecular weight excluding hydrogens is 345 g/mol. The highest BCUT2D eigenvalue weighted by Gasteiger charge is 2.28. The van der Waals surface area contributed by atoms with Crippen LogP contribution in [-0.4, -0.2) is 43.3 Å². The van der Waals surface area contributed by atoms with E-state index in [1.807, 2.05) is 0 Å². The van der Waals surface area contributed by atoms with Crippen LogP contribution in [-0.2, 0) is 14.3 Å². The maximum atomic E-state index is 11.9. The second kappa shape index (κ2) is 9.50. The number of amides is 3. The van der Waals surface area contributed by atoms with Crippen LogP contribution in [0.15, 0.2) is 30.3 Å². The lowest BCUT2D eigenvalue weighted by atomic mass is 10.2. The number of carbonyl (C=O) groups excluding carboxylic acids is 3. The number of rotatable bonds is 7. The van der Waals surface area contributed by atoms with Crippen LogP contribution in [0.1, 0.15) is 13.3 Å². The third-order valence-corrected chi connectivity index (χ3v) is 2.70. The van der Waals surface area contributed by atoms with Gasteiger partial charge < -0.3 is 14.8 Å². The molecule has 0 bridgehead atoms. The summed E-state index contributed by atoms with van der Waals surface area (Å²) in [4.78, 5) is 34.3. The number of carbonyl (C=O) groups is 3. The molecule has 0 spiro atoms. The van der Waals surface area contributed by atoms with Crippen molar-refractivity contribution in [3.63, 3.8) is 0 Å². The lowest BCUT2D eigenvalue weighted by molar-refractivity contribution is -0.155. The molecule has 2 N–H and O–H groups in total. The van der Waals surface area contributed by atoms with Crippen molar-refractivity contribution in [2.24, 2.45) is 0 Å². The molecule has 0 saturated heterocycles. The van der Waals surface area contributed by atoms with E-state index in [2.05, 4.69) is 0 Å². The summed E-state index contributed by atoms with van der Waals surface area (Å²) in [5.41, 5.74) is 0. The third kappa shape index (κ3) is 8.58. The quantitative estimate of drug-likeness (QED) is 0.721. The lowest BCUT2D eigenvalue weighted by Crippen LogP contribution is -2.45. The highest BCUT2D eigenvalue weighted by molar-refractivity contribution is 5.95. The van der Waals surface area contributed by atoms with E-state index in [0.29, 0.717) is 5.75 Å². The molecule has 25 heavy (non-hydrogen) atoms. The Balaban J connectivity index is 2.38. The van der Waals surface area contributed by atoms with Gasteiger partial charge in [0.1, 0.15) is 12.3 Å². The summed E-state index contributed by atoms with van der Waals surface area (Å²) in [7, 11) is 0. The van der Waals surface area contributed by atoms with Gasteiger partial charge in [0.2, 0.25) is 0 Å². The molecule has 0 aliphatic rings. The Morgan fingerprint density at radius 2 is 1.80 bits per heavy atom. The van der Waals surface area contributed by atoms with Gasteiger partial charge in [-0.25, -0.2) is 9.59 Å². The smallest absolute Gasteiger partial charge is 0.405 e. The predicted octanol–water partition coefficient (Wildman–Crippen LogP) is 1.78. The number of halogens is 3. The van der Waals surface area contributed by atoms with Crippen LogP contribution in [0.25, 0.3) is 0 Å². The van der Waals surface area contributed by atoms with E-state index < -0.39 is 43.3 Å². The molecule has 138 valence electrons. The lowest BCUT2D eigenvalue weighted by Gasteiger charge is -2.16. The first-order chi connectivity index (χ1) is 11.7. The molecule has 0 radical (unpaired) electrons. The van der Waals surface area contributed by atoms with E-state index in [-0.39, 0.29) is 6.42 Å². The first kappa shape index (κ1) is 20.3. The van der Waals surface area contributed by atoms with Gasteiger partial charge in [0.05, 0.1) is 0 Å². The van der Waals surface area contributed by atoms with Gasteiger partial charge in [-0.2, -0.15) is 13.2 Å². The maximum absolute atomic E-state index is 11.9. The van der Waals surface area contributed by atoms with Gasteiger partial charge in [-0.3, -0.25) is 10.1 Å². The normalized spacial score (nSPS) is 12.0. The molecule has 0 heterocycles. The van der Waals surface area contributed by atoms with Crippen molar-refractivity contribution in [2.75, 3.05) is 13.2 Å². The monoisotopic (exact) mass is 362 g/mol. The van der Waals surface area contributed by atoms with Gasteiger partial charge in [0.15, 0.2) is 12.7 Å². The topological polar surface area (TPSA) is 93.7 Å². The fraction of sp³-hybridized carbons (Fsp3) is 0.400. The van der Waals surface area contributed by atoms with Crippen molar-refractivity contribution in [1.82, 2.24) is 10.6 Å². The van der Waals surface area contributed by atoms with Crippen molar-refractivity contribution in [3.05, 3.63) is 30.3 Å². The van der Waals surface area contributed by atoms with E-state index in [9.17, 15) is 27.6 Å². The summed E-state index contributed by atoms with van der Waals surface area (Å²) in [5, 5.41) is 3.05. The minimum absolute atomic E-state index is 0.265. The fourth-order valence-electron chi connectivity index (χ4n) is 1.58. The molecule has 0 aliphatic carbocycles. The average molecular weight is 362 g/mol. The number of benzene rings is 1. The van der Waals surface area contributed by atoms with Crippen LogP contribution in [0.5, 0.6) is 5.75 Å². The molecule has 1 aromatic rings. The molecular formula is C15H17F3N2O5. The molecule has 0 aliphatic heterocycles. The number of imide groups is 1. The molecule has 0 unspecified atom stereocenters. The summed E-state index contributed by atoms with van der Waals surface area (Å²) in [5.74, 6) is -1.47. The number of hydrogen-bond donors (Lipinski definition) is 2. The number of hydrogen-bond acceptors (Lipinski definition) is 5. The highest BCUT2D eigenvalue weighted by Crippen LogP contribution is 2.13.